The Kier molecular flexibility index (Phi) is 6.18. The van der Waals surface area contributed by atoms with Gasteiger partial charge in [0.05, 0.1) is 10.9 Å². The van der Waals surface area contributed by atoms with Crippen LogP contribution >= 0.6 is 0 Å². The molecule has 0 spiro atoms. The summed E-state index contributed by atoms with van der Waals surface area (Å²) in [6.45, 7) is 4.98. The smallest absolute Gasteiger partial charge is 0.261 e. The van der Waals surface area contributed by atoms with Gasteiger partial charge in [0.1, 0.15) is 5.82 Å². The van der Waals surface area contributed by atoms with Gasteiger partial charge in [-0.05, 0) is 62.2 Å². The van der Waals surface area contributed by atoms with Crippen molar-refractivity contribution in [1.29, 1.82) is 0 Å². The molecule has 1 fully saturated rings. The molecular weight excluding hydrogens is 428 g/mol. The van der Waals surface area contributed by atoms with E-state index in [0.29, 0.717) is 35.1 Å². The predicted octanol–water partition coefficient (Wildman–Crippen LogP) is 3.68. The summed E-state index contributed by atoms with van der Waals surface area (Å²) in [5.74, 6) is 0.870. The van der Waals surface area contributed by atoms with Gasteiger partial charge in [-0.25, -0.2) is 4.98 Å². The van der Waals surface area contributed by atoms with Crippen LogP contribution in [0.4, 0.5) is 5.69 Å². The molecule has 0 saturated carbocycles. The van der Waals surface area contributed by atoms with Crippen molar-refractivity contribution in [2.45, 2.75) is 45.6 Å². The van der Waals surface area contributed by atoms with Crippen molar-refractivity contribution in [1.82, 2.24) is 14.5 Å². The second kappa shape index (κ2) is 9.41. The third kappa shape index (κ3) is 4.34. The monoisotopic (exact) mass is 458 g/mol. The molecule has 3 aromatic rings. The van der Waals surface area contributed by atoms with Crippen LogP contribution in [0.25, 0.3) is 10.9 Å². The molecule has 7 nitrogen and oxygen atoms in total. The van der Waals surface area contributed by atoms with E-state index in [1.54, 1.807) is 25.1 Å². The number of aromatic nitrogens is 2. The number of anilines is 1. The lowest BCUT2D eigenvalue weighted by Gasteiger charge is -2.36. The summed E-state index contributed by atoms with van der Waals surface area (Å²) in [5.41, 5.74) is 2.96. The van der Waals surface area contributed by atoms with Gasteiger partial charge < -0.3 is 9.80 Å². The van der Waals surface area contributed by atoms with Crippen molar-refractivity contribution in [2.24, 2.45) is 0 Å². The highest BCUT2D eigenvalue weighted by Gasteiger charge is 2.23. The van der Waals surface area contributed by atoms with Gasteiger partial charge in [-0.15, -0.1) is 0 Å². The SMILES string of the molecule is CC(=O)c1ccc(N2CCN(C(=O)c3ccc4c(=O)n5c(nc4c3)CCCCCC5)CC2)cc1. The molecule has 5 rings (SSSR count). The highest BCUT2D eigenvalue weighted by atomic mass is 16.2. The molecule has 3 heterocycles. The molecule has 0 radical (unpaired) electrons. The molecule has 2 aromatic carbocycles. The van der Waals surface area contributed by atoms with E-state index in [0.717, 1.165) is 56.8 Å². The second-order valence-electron chi connectivity index (χ2n) is 9.26. The van der Waals surface area contributed by atoms with Gasteiger partial charge in [0.25, 0.3) is 11.5 Å². The Balaban J connectivity index is 1.32. The number of fused-ring (bicyclic) bond motifs is 2. The van der Waals surface area contributed by atoms with Crippen LogP contribution in [0.5, 0.6) is 0 Å². The van der Waals surface area contributed by atoms with E-state index < -0.39 is 0 Å². The van der Waals surface area contributed by atoms with Gasteiger partial charge >= 0.3 is 0 Å². The molecule has 0 aliphatic carbocycles. The number of piperazine rings is 1. The number of rotatable bonds is 3. The number of amides is 1. The summed E-state index contributed by atoms with van der Waals surface area (Å²) in [6.07, 6.45) is 5.16. The van der Waals surface area contributed by atoms with Gasteiger partial charge in [0.15, 0.2) is 5.78 Å². The van der Waals surface area contributed by atoms with Gasteiger partial charge in [0.2, 0.25) is 0 Å². The van der Waals surface area contributed by atoms with E-state index >= 15 is 0 Å². The lowest BCUT2D eigenvalue weighted by atomic mass is 10.1. The number of benzene rings is 2. The number of aryl methyl sites for hydroxylation is 1. The van der Waals surface area contributed by atoms with Crippen molar-refractivity contribution >= 4 is 28.3 Å². The van der Waals surface area contributed by atoms with Crippen molar-refractivity contribution in [3.63, 3.8) is 0 Å². The third-order valence-corrected chi connectivity index (χ3v) is 7.02. The van der Waals surface area contributed by atoms with E-state index in [1.165, 1.54) is 6.42 Å². The van der Waals surface area contributed by atoms with Gasteiger partial charge in [-0.1, -0.05) is 12.8 Å². The first-order valence-electron chi connectivity index (χ1n) is 12.2. The van der Waals surface area contributed by atoms with Crippen molar-refractivity contribution in [3.8, 4) is 0 Å². The van der Waals surface area contributed by atoms with Crippen LogP contribution in [-0.4, -0.2) is 52.3 Å². The van der Waals surface area contributed by atoms with E-state index in [4.69, 9.17) is 4.98 Å². The minimum atomic E-state index is -0.0258. The summed E-state index contributed by atoms with van der Waals surface area (Å²) < 4.78 is 1.82. The average molecular weight is 459 g/mol. The maximum Gasteiger partial charge on any atom is 0.261 e. The molecule has 0 bridgehead atoms. The molecule has 2 aliphatic heterocycles. The van der Waals surface area contributed by atoms with Crippen LogP contribution in [0.15, 0.2) is 47.3 Å². The highest BCUT2D eigenvalue weighted by Crippen LogP contribution is 2.20. The van der Waals surface area contributed by atoms with Gasteiger partial charge in [-0.3, -0.25) is 19.0 Å². The minimum absolute atomic E-state index is 0.00491. The Morgan fingerprint density at radius 2 is 1.53 bits per heavy atom. The van der Waals surface area contributed by atoms with Crippen LogP contribution in [0.1, 0.15) is 59.1 Å². The molecule has 1 amide bonds. The lowest BCUT2D eigenvalue weighted by Crippen LogP contribution is -2.48. The Hall–Kier alpha value is -3.48. The maximum absolute atomic E-state index is 13.2. The molecule has 1 aromatic heterocycles. The van der Waals surface area contributed by atoms with Crippen LogP contribution in [-0.2, 0) is 13.0 Å². The number of hydrogen-bond acceptors (Lipinski definition) is 5. The van der Waals surface area contributed by atoms with Crippen LogP contribution < -0.4 is 10.5 Å². The summed E-state index contributed by atoms with van der Waals surface area (Å²) in [7, 11) is 0. The minimum Gasteiger partial charge on any atom is -0.368 e. The molecule has 0 N–H and O–H groups in total. The van der Waals surface area contributed by atoms with Crippen LogP contribution in [0, 0.1) is 0 Å². The number of carbonyl (C=O) groups is 2. The normalized spacial score (nSPS) is 16.6. The van der Waals surface area contributed by atoms with E-state index in [1.807, 2.05) is 33.7 Å². The van der Waals surface area contributed by atoms with Crippen molar-refractivity contribution in [3.05, 3.63) is 69.8 Å². The van der Waals surface area contributed by atoms with Crippen LogP contribution in [0.3, 0.4) is 0 Å². The molecular formula is C27H30N4O3. The van der Waals surface area contributed by atoms with Crippen LogP contribution in [0.2, 0.25) is 0 Å². The zero-order chi connectivity index (χ0) is 23.7. The summed E-state index contributed by atoms with van der Waals surface area (Å²) in [6, 6.07) is 12.9. The standard InChI is InChI=1S/C27H30N4O3/c1-19(32)20-7-10-22(11-8-20)29-14-16-30(17-15-29)26(33)21-9-12-23-24(18-21)28-25-6-4-2-3-5-13-31(25)27(23)34/h7-12,18H,2-6,13-17H2,1H3. The molecule has 176 valence electrons. The molecule has 2 aliphatic rings. The zero-order valence-corrected chi connectivity index (χ0v) is 19.6. The number of ketones is 1. The highest BCUT2D eigenvalue weighted by molar-refractivity contribution is 5.98. The molecule has 34 heavy (non-hydrogen) atoms. The second-order valence-corrected chi connectivity index (χ2v) is 9.26. The average Bonchev–Trinajstić information content (AvgIpc) is 2.85. The summed E-state index contributed by atoms with van der Waals surface area (Å²) in [4.78, 5) is 46.7. The topological polar surface area (TPSA) is 75.5 Å². The summed E-state index contributed by atoms with van der Waals surface area (Å²) in [5, 5.41) is 0.583. The first-order chi connectivity index (χ1) is 16.5. The third-order valence-electron chi connectivity index (χ3n) is 7.02. The lowest BCUT2D eigenvalue weighted by molar-refractivity contribution is 0.0746. The molecule has 1 saturated heterocycles. The molecule has 0 atom stereocenters. The number of nitrogens with zero attached hydrogens (tertiary/aromatic N) is 4. The van der Waals surface area contributed by atoms with Crippen molar-refractivity contribution in [2.75, 3.05) is 31.1 Å². The number of hydrogen-bond donors (Lipinski definition) is 0. The predicted molar refractivity (Wildman–Crippen MR) is 133 cm³/mol. The fourth-order valence-electron chi connectivity index (χ4n) is 4.99. The van der Waals surface area contributed by atoms with E-state index in [2.05, 4.69) is 4.90 Å². The van der Waals surface area contributed by atoms with Gasteiger partial charge in [-0.2, -0.15) is 0 Å². The Morgan fingerprint density at radius 3 is 2.26 bits per heavy atom. The summed E-state index contributed by atoms with van der Waals surface area (Å²) >= 11 is 0. The first-order valence-corrected chi connectivity index (χ1v) is 12.2. The molecule has 0 unspecified atom stereocenters. The maximum atomic E-state index is 13.2. The number of Topliss-reactive ketones (excluding diaryl/α,β-unsaturated/α-hetero) is 1. The van der Waals surface area contributed by atoms with Crippen molar-refractivity contribution < 1.29 is 9.59 Å². The van der Waals surface area contributed by atoms with E-state index in [-0.39, 0.29) is 17.2 Å². The Labute approximate surface area is 199 Å². The fraction of sp³-hybridized carbons (Fsp3) is 0.407. The quantitative estimate of drug-likeness (QED) is 0.560. The first kappa shape index (κ1) is 22.3. The largest absolute Gasteiger partial charge is 0.368 e. The number of carbonyl (C=O) groups excluding carboxylic acids is 2. The van der Waals surface area contributed by atoms with E-state index in [9.17, 15) is 14.4 Å². The fourth-order valence-corrected chi connectivity index (χ4v) is 4.99. The Morgan fingerprint density at radius 1 is 0.824 bits per heavy atom. The Bertz CT molecular complexity index is 1290. The zero-order valence-electron chi connectivity index (χ0n) is 19.6. The molecule has 7 heteroatoms. The van der Waals surface area contributed by atoms with Gasteiger partial charge in [0, 0.05) is 56.0 Å².